The number of pyridine rings is 1. The van der Waals surface area contributed by atoms with E-state index in [0.717, 1.165) is 29.6 Å². The second kappa shape index (κ2) is 7.41. The molecule has 1 N–H and O–H groups in total. The van der Waals surface area contributed by atoms with Gasteiger partial charge in [-0.15, -0.1) is 0 Å². The first kappa shape index (κ1) is 17.0. The zero-order valence-electron chi connectivity index (χ0n) is 14.7. The van der Waals surface area contributed by atoms with E-state index in [1.54, 1.807) is 28.0 Å². The molecule has 8 heteroatoms. The minimum Gasteiger partial charge on any atom is -0.364 e. The van der Waals surface area contributed by atoms with Gasteiger partial charge in [0.1, 0.15) is 12.2 Å². The van der Waals surface area contributed by atoms with Crippen LogP contribution in [0.1, 0.15) is 19.3 Å². The molecule has 1 amide bonds. The van der Waals surface area contributed by atoms with Gasteiger partial charge in [-0.05, 0) is 25.0 Å². The van der Waals surface area contributed by atoms with Crippen LogP contribution < -0.4 is 5.32 Å². The monoisotopic (exact) mass is 361 g/mol. The second-order valence-corrected chi connectivity index (χ2v) is 6.54. The minimum atomic E-state index is -0.116. The summed E-state index contributed by atoms with van der Waals surface area (Å²) in [6.07, 6.45) is 8.85. The van der Waals surface area contributed by atoms with E-state index in [4.69, 9.17) is 5.26 Å². The zero-order valence-corrected chi connectivity index (χ0v) is 14.7. The normalized spacial score (nSPS) is 16.9. The zero-order chi connectivity index (χ0) is 18.6. The lowest BCUT2D eigenvalue weighted by molar-refractivity contribution is -0.131. The maximum Gasteiger partial charge on any atom is 0.236 e. The molecule has 1 aliphatic heterocycles. The third-order valence-corrected chi connectivity index (χ3v) is 4.69. The summed E-state index contributed by atoms with van der Waals surface area (Å²) in [4.78, 5) is 22.7. The Labute approximate surface area is 156 Å². The third-order valence-electron chi connectivity index (χ3n) is 4.69. The number of aromatic nitrogens is 4. The number of hydrogen-bond donors (Lipinski definition) is 1. The fourth-order valence-electron chi connectivity index (χ4n) is 3.41. The molecule has 1 saturated heterocycles. The Hall–Kier alpha value is -3.47. The van der Waals surface area contributed by atoms with E-state index in [1.807, 2.05) is 30.5 Å². The maximum absolute atomic E-state index is 12.0. The number of nitrogens with zero attached hydrogens (tertiary/aromatic N) is 6. The molecule has 136 valence electrons. The molecule has 0 saturated carbocycles. The van der Waals surface area contributed by atoms with Gasteiger partial charge < -0.3 is 10.2 Å². The molecule has 0 aromatic carbocycles. The number of nitrogens with one attached hydrogen (secondary N) is 1. The lowest BCUT2D eigenvalue weighted by Gasteiger charge is -2.33. The van der Waals surface area contributed by atoms with Gasteiger partial charge in [0.25, 0.3) is 0 Å². The summed E-state index contributed by atoms with van der Waals surface area (Å²) in [5.41, 5.74) is 2.63. The van der Waals surface area contributed by atoms with Crippen molar-refractivity contribution in [2.75, 3.05) is 18.4 Å². The molecular formula is C19H19N7O. The largest absolute Gasteiger partial charge is 0.364 e. The highest BCUT2D eigenvalue weighted by atomic mass is 16.2. The van der Waals surface area contributed by atoms with Crippen LogP contribution in [-0.2, 0) is 4.79 Å². The van der Waals surface area contributed by atoms with Crippen molar-refractivity contribution in [1.82, 2.24) is 24.5 Å². The summed E-state index contributed by atoms with van der Waals surface area (Å²) in [5.74, 6) is 0.553. The molecule has 4 rings (SSSR count). The van der Waals surface area contributed by atoms with Gasteiger partial charge in [-0.25, -0.2) is 9.50 Å². The summed E-state index contributed by atoms with van der Waals surface area (Å²) in [6.45, 7) is 1.27. The predicted octanol–water partition coefficient (Wildman–Crippen LogP) is 2.11. The van der Waals surface area contributed by atoms with Gasteiger partial charge in [0.05, 0.1) is 35.9 Å². The number of carbonyl (C=O) groups excluding carboxylic acids is 1. The number of carbonyl (C=O) groups is 1. The van der Waals surface area contributed by atoms with Crippen molar-refractivity contribution in [3.8, 4) is 17.3 Å². The van der Waals surface area contributed by atoms with Crippen molar-refractivity contribution < 1.29 is 4.79 Å². The second-order valence-electron chi connectivity index (χ2n) is 6.54. The van der Waals surface area contributed by atoms with Crippen LogP contribution in [0.4, 0.5) is 5.82 Å². The van der Waals surface area contributed by atoms with Crippen LogP contribution in [0, 0.1) is 11.3 Å². The number of likely N-dealkylation sites (tertiary alicyclic amines) is 1. The lowest BCUT2D eigenvalue weighted by Crippen LogP contribution is -2.45. The van der Waals surface area contributed by atoms with Gasteiger partial charge in [0.15, 0.2) is 0 Å². The third kappa shape index (κ3) is 3.58. The van der Waals surface area contributed by atoms with E-state index in [1.165, 1.54) is 0 Å². The molecule has 0 unspecified atom stereocenters. The standard InChI is InChI=1S/C19H19N7O/c20-7-6-19(27)25-8-3-4-14(13-25)23-18-12-21-11-16(24-18)15-10-22-26-9-2-1-5-17(15)26/h1-2,5,9-12,14H,3-4,6,8,13H2,(H,23,24)/t14-/m1/s1. The topological polar surface area (TPSA) is 99.2 Å². The average Bonchev–Trinajstić information content (AvgIpc) is 3.13. The molecular weight excluding hydrogens is 342 g/mol. The van der Waals surface area contributed by atoms with Crippen LogP contribution in [-0.4, -0.2) is 49.5 Å². The first-order valence-electron chi connectivity index (χ1n) is 8.90. The Morgan fingerprint density at radius 1 is 1.33 bits per heavy atom. The van der Waals surface area contributed by atoms with Crippen molar-refractivity contribution in [2.45, 2.75) is 25.3 Å². The molecule has 0 bridgehead atoms. The van der Waals surface area contributed by atoms with Crippen LogP contribution in [0.25, 0.3) is 16.8 Å². The minimum absolute atomic E-state index is 0.0727. The van der Waals surface area contributed by atoms with Crippen molar-refractivity contribution in [1.29, 1.82) is 5.26 Å². The Kier molecular flexibility index (Phi) is 4.66. The van der Waals surface area contributed by atoms with Crippen LogP contribution >= 0.6 is 0 Å². The van der Waals surface area contributed by atoms with Crippen LogP contribution in [0.3, 0.4) is 0 Å². The van der Waals surface area contributed by atoms with E-state index >= 15 is 0 Å². The summed E-state index contributed by atoms with van der Waals surface area (Å²) < 4.78 is 1.80. The number of hydrogen-bond acceptors (Lipinski definition) is 6. The van der Waals surface area contributed by atoms with E-state index < -0.39 is 0 Å². The quantitative estimate of drug-likeness (QED) is 0.764. The number of anilines is 1. The molecule has 0 spiro atoms. The molecule has 8 nitrogen and oxygen atoms in total. The highest BCUT2D eigenvalue weighted by Crippen LogP contribution is 2.23. The number of amides is 1. The number of piperidine rings is 1. The molecule has 1 atom stereocenters. The molecule has 0 radical (unpaired) electrons. The van der Waals surface area contributed by atoms with E-state index in [0.29, 0.717) is 18.9 Å². The van der Waals surface area contributed by atoms with Gasteiger partial charge in [0.2, 0.25) is 5.91 Å². The average molecular weight is 361 g/mol. The molecule has 4 heterocycles. The first-order chi connectivity index (χ1) is 13.2. The maximum atomic E-state index is 12.0. The number of fused-ring (bicyclic) bond motifs is 1. The van der Waals surface area contributed by atoms with Crippen molar-refractivity contribution in [2.24, 2.45) is 0 Å². The summed E-state index contributed by atoms with van der Waals surface area (Å²) in [7, 11) is 0. The fraction of sp³-hybridized carbons (Fsp3) is 0.316. The Morgan fingerprint density at radius 3 is 3.15 bits per heavy atom. The molecule has 0 aliphatic carbocycles. The lowest BCUT2D eigenvalue weighted by atomic mass is 10.1. The molecule has 3 aromatic rings. The fourth-order valence-corrected chi connectivity index (χ4v) is 3.41. The number of nitriles is 1. The molecule has 3 aromatic heterocycles. The first-order valence-corrected chi connectivity index (χ1v) is 8.90. The highest BCUT2D eigenvalue weighted by Gasteiger charge is 2.23. The van der Waals surface area contributed by atoms with Gasteiger partial charge >= 0.3 is 0 Å². The Bertz CT molecular complexity index is 1010. The Morgan fingerprint density at radius 2 is 2.26 bits per heavy atom. The van der Waals surface area contributed by atoms with E-state index in [2.05, 4.69) is 20.4 Å². The van der Waals surface area contributed by atoms with Gasteiger partial charge in [-0.2, -0.15) is 10.4 Å². The van der Waals surface area contributed by atoms with Crippen molar-refractivity contribution in [3.05, 3.63) is 43.0 Å². The predicted molar refractivity (Wildman–Crippen MR) is 99.7 cm³/mol. The SMILES string of the molecule is N#CCC(=O)N1CCC[C@@H](Nc2cncc(-c3cnn4ccccc34)n2)C1. The van der Waals surface area contributed by atoms with E-state index in [-0.39, 0.29) is 18.4 Å². The Balaban J connectivity index is 1.51. The molecule has 1 fully saturated rings. The highest BCUT2D eigenvalue weighted by molar-refractivity contribution is 5.78. The number of rotatable bonds is 4. The smallest absolute Gasteiger partial charge is 0.236 e. The van der Waals surface area contributed by atoms with Crippen molar-refractivity contribution in [3.63, 3.8) is 0 Å². The summed E-state index contributed by atoms with van der Waals surface area (Å²) in [5, 5.41) is 16.5. The van der Waals surface area contributed by atoms with Gasteiger partial charge in [-0.3, -0.25) is 9.78 Å². The summed E-state index contributed by atoms with van der Waals surface area (Å²) >= 11 is 0. The van der Waals surface area contributed by atoms with Crippen LogP contribution in [0.5, 0.6) is 0 Å². The van der Waals surface area contributed by atoms with Gasteiger partial charge in [0, 0.05) is 30.9 Å². The van der Waals surface area contributed by atoms with Crippen LogP contribution in [0.2, 0.25) is 0 Å². The van der Waals surface area contributed by atoms with Gasteiger partial charge in [-0.1, -0.05) is 6.07 Å². The summed E-state index contributed by atoms with van der Waals surface area (Å²) in [6, 6.07) is 7.90. The van der Waals surface area contributed by atoms with E-state index in [9.17, 15) is 4.79 Å². The molecule has 1 aliphatic rings. The molecule has 27 heavy (non-hydrogen) atoms. The van der Waals surface area contributed by atoms with Crippen LogP contribution in [0.15, 0.2) is 43.0 Å². The van der Waals surface area contributed by atoms with Crippen molar-refractivity contribution >= 4 is 17.2 Å².